The summed E-state index contributed by atoms with van der Waals surface area (Å²) < 4.78 is 28.0. The maximum Gasteiger partial charge on any atom is 0.149 e. The maximum atomic E-state index is 14.0. The number of rotatable bonds is 2. The molecule has 18 heavy (non-hydrogen) atoms. The fraction of sp³-hybridized carbons (Fsp3) is 0.571. The number of alkyl halides is 1. The fourth-order valence-electron chi connectivity index (χ4n) is 2.47. The van der Waals surface area contributed by atoms with Crippen LogP contribution in [0.4, 0.5) is 14.5 Å². The number of benzene rings is 1. The first-order chi connectivity index (χ1) is 8.72. The number of anilines is 1. The lowest BCUT2D eigenvalue weighted by atomic mass is 10.1. The molecule has 0 amide bonds. The molecule has 4 heteroatoms. The van der Waals surface area contributed by atoms with Crippen molar-refractivity contribution in [3.8, 4) is 0 Å². The van der Waals surface area contributed by atoms with Gasteiger partial charge >= 0.3 is 0 Å². The molecule has 1 heterocycles. The van der Waals surface area contributed by atoms with E-state index in [1.807, 2.05) is 4.90 Å². The van der Waals surface area contributed by atoms with Gasteiger partial charge in [0.25, 0.3) is 0 Å². The van der Waals surface area contributed by atoms with E-state index in [1.54, 1.807) is 0 Å². The molecule has 1 aromatic carbocycles. The summed E-state index contributed by atoms with van der Waals surface area (Å²) in [7, 11) is 0. The normalized spacial score (nSPS) is 17.4. The average Bonchev–Trinajstić information content (AvgIpc) is 2.30. The molecular weight excluding hydrogens is 256 g/mol. The minimum atomic E-state index is -0.494. The second-order valence-electron chi connectivity index (χ2n) is 4.80. The van der Waals surface area contributed by atoms with Gasteiger partial charge in [0.2, 0.25) is 0 Å². The molecule has 1 nitrogen and oxygen atoms in total. The van der Waals surface area contributed by atoms with E-state index in [9.17, 15) is 8.78 Å². The maximum absolute atomic E-state index is 14.0. The van der Waals surface area contributed by atoms with Crippen LogP contribution in [0.1, 0.15) is 37.7 Å². The number of nitrogens with zero attached hydrogens (tertiary/aromatic N) is 1. The molecule has 0 radical (unpaired) electrons. The Labute approximate surface area is 112 Å². The van der Waals surface area contributed by atoms with Crippen LogP contribution >= 0.6 is 11.6 Å². The molecule has 0 spiro atoms. The SMILES string of the molecule is Fc1cc(CCl)cc(F)c1N1CCCCCCC1. The van der Waals surface area contributed by atoms with E-state index in [1.165, 1.54) is 18.6 Å². The van der Waals surface area contributed by atoms with E-state index in [0.29, 0.717) is 5.56 Å². The third-order valence-electron chi connectivity index (χ3n) is 3.40. The van der Waals surface area contributed by atoms with Crippen LogP contribution in [0.3, 0.4) is 0 Å². The van der Waals surface area contributed by atoms with Gasteiger partial charge in [0.15, 0.2) is 0 Å². The summed E-state index contributed by atoms with van der Waals surface area (Å²) in [6.45, 7) is 1.46. The van der Waals surface area contributed by atoms with Gasteiger partial charge in [-0.3, -0.25) is 0 Å². The molecule has 0 N–H and O–H groups in total. The third kappa shape index (κ3) is 3.14. The number of hydrogen-bond acceptors (Lipinski definition) is 1. The van der Waals surface area contributed by atoms with Crippen molar-refractivity contribution in [2.24, 2.45) is 0 Å². The first-order valence-electron chi connectivity index (χ1n) is 6.51. The molecule has 1 aliphatic heterocycles. The summed E-state index contributed by atoms with van der Waals surface area (Å²) in [5, 5.41) is 0. The fourth-order valence-corrected chi connectivity index (χ4v) is 2.62. The molecule has 2 rings (SSSR count). The van der Waals surface area contributed by atoms with Crippen LogP contribution in [-0.4, -0.2) is 13.1 Å². The standard InChI is InChI=1S/C14H18ClF2N/c15-10-11-8-12(16)14(13(17)9-11)18-6-4-2-1-3-5-7-18/h8-9H,1-7,10H2. The van der Waals surface area contributed by atoms with Crippen molar-refractivity contribution in [1.29, 1.82) is 0 Å². The van der Waals surface area contributed by atoms with Crippen molar-refractivity contribution in [2.75, 3.05) is 18.0 Å². The van der Waals surface area contributed by atoms with E-state index in [4.69, 9.17) is 11.6 Å². The van der Waals surface area contributed by atoms with Crippen LogP contribution in [0, 0.1) is 11.6 Å². The summed E-state index contributed by atoms with van der Waals surface area (Å²) in [6.07, 6.45) is 5.50. The van der Waals surface area contributed by atoms with Crippen LogP contribution in [0.5, 0.6) is 0 Å². The topological polar surface area (TPSA) is 3.24 Å². The van der Waals surface area contributed by atoms with Crippen molar-refractivity contribution in [1.82, 2.24) is 0 Å². The quantitative estimate of drug-likeness (QED) is 0.719. The van der Waals surface area contributed by atoms with Crippen LogP contribution in [0.15, 0.2) is 12.1 Å². The molecule has 0 aromatic heterocycles. The molecule has 0 bridgehead atoms. The van der Waals surface area contributed by atoms with E-state index in [0.717, 1.165) is 38.8 Å². The molecule has 1 aliphatic rings. The smallest absolute Gasteiger partial charge is 0.149 e. The highest BCUT2D eigenvalue weighted by Crippen LogP contribution is 2.27. The van der Waals surface area contributed by atoms with E-state index < -0.39 is 11.6 Å². The molecule has 100 valence electrons. The Bertz CT molecular complexity index is 378. The summed E-state index contributed by atoms with van der Waals surface area (Å²) >= 11 is 5.61. The minimum absolute atomic E-state index is 0.116. The molecule has 0 aliphatic carbocycles. The highest BCUT2D eigenvalue weighted by atomic mass is 35.5. The second-order valence-corrected chi connectivity index (χ2v) is 5.06. The molecule has 0 saturated carbocycles. The summed E-state index contributed by atoms with van der Waals surface area (Å²) in [5.41, 5.74) is 0.605. The lowest BCUT2D eigenvalue weighted by Crippen LogP contribution is -2.28. The lowest BCUT2D eigenvalue weighted by molar-refractivity contribution is 0.526. The van der Waals surface area contributed by atoms with Crippen molar-refractivity contribution >= 4 is 17.3 Å². The van der Waals surface area contributed by atoms with Crippen molar-refractivity contribution in [2.45, 2.75) is 38.0 Å². The third-order valence-corrected chi connectivity index (χ3v) is 3.71. The first kappa shape index (κ1) is 13.6. The van der Waals surface area contributed by atoms with Gasteiger partial charge in [-0.1, -0.05) is 19.3 Å². The molecule has 1 saturated heterocycles. The summed E-state index contributed by atoms with van der Waals surface area (Å²) in [4.78, 5) is 1.84. The van der Waals surface area contributed by atoms with Gasteiger partial charge in [-0.25, -0.2) is 8.78 Å². The van der Waals surface area contributed by atoms with E-state index in [-0.39, 0.29) is 11.6 Å². The Hall–Kier alpha value is -0.830. The Balaban J connectivity index is 2.25. The highest BCUT2D eigenvalue weighted by Gasteiger charge is 2.18. The average molecular weight is 274 g/mol. The van der Waals surface area contributed by atoms with Gasteiger partial charge < -0.3 is 4.90 Å². The lowest BCUT2D eigenvalue weighted by Gasteiger charge is -2.27. The Kier molecular flexibility index (Phi) is 4.81. The Morgan fingerprint density at radius 1 is 0.944 bits per heavy atom. The zero-order valence-corrected chi connectivity index (χ0v) is 11.1. The zero-order chi connectivity index (χ0) is 13.0. The Morgan fingerprint density at radius 2 is 1.44 bits per heavy atom. The molecule has 1 fully saturated rings. The van der Waals surface area contributed by atoms with Gasteiger partial charge in [0.1, 0.15) is 17.3 Å². The molecular formula is C14H18ClF2N. The predicted molar refractivity (Wildman–Crippen MR) is 71.2 cm³/mol. The van der Waals surface area contributed by atoms with Crippen LogP contribution in [-0.2, 0) is 5.88 Å². The number of halogens is 3. The summed E-state index contributed by atoms with van der Waals surface area (Å²) in [6, 6.07) is 2.67. The van der Waals surface area contributed by atoms with Gasteiger partial charge in [-0.2, -0.15) is 0 Å². The van der Waals surface area contributed by atoms with Crippen LogP contribution in [0.2, 0.25) is 0 Å². The van der Waals surface area contributed by atoms with Gasteiger partial charge in [-0.05, 0) is 30.5 Å². The van der Waals surface area contributed by atoms with Gasteiger partial charge in [0, 0.05) is 19.0 Å². The highest BCUT2D eigenvalue weighted by molar-refractivity contribution is 6.17. The second kappa shape index (κ2) is 6.37. The van der Waals surface area contributed by atoms with Crippen molar-refractivity contribution in [3.05, 3.63) is 29.3 Å². The molecule has 1 aromatic rings. The Morgan fingerprint density at radius 3 is 1.94 bits per heavy atom. The van der Waals surface area contributed by atoms with Crippen LogP contribution in [0.25, 0.3) is 0 Å². The number of hydrogen-bond donors (Lipinski definition) is 0. The molecule has 0 atom stereocenters. The molecule has 0 unspecified atom stereocenters. The summed E-state index contributed by atoms with van der Waals surface area (Å²) in [5.74, 6) is -0.855. The van der Waals surface area contributed by atoms with Crippen LogP contribution < -0.4 is 4.90 Å². The zero-order valence-electron chi connectivity index (χ0n) is 10.4. The van der Waals surface area contributed by atoms with Crippen molar-refractivity contribution < 1.29 is 8.78 Å². The van der Waals surface area contributed by atoms with Crippen molar-refractivity contribution in [3.63, 3.8) is 0 Å². The predicted octanol–water partition coefficient (Wildman–Crippen LogP) is 4.47. The minimum Gasteiger partial charge on any atom is -0.367 e. The van der Waals surface area contributed by atoms with Gasteiger partial charge in [-0.15, -0.1) is 11.6 Å². The monoisotopic (exact) mass is 273 g/mol. The first-order valence-corrected chi connectivity index (χ1v) is 7.04. The van der Waals surface area contributed by atoms with E-state index in [2.05, 4.69) is 0 Å². The van der Waals surface area contributed by atoms with Gasteiger partial charge in [0.05, 0.1) is 0 Å². The largest absolute Gasteiger partial charge is 0.367 e. The van der Waals surface area contributed by atoms with E-state index >= 15 is 0 Å².